The standard InChI is InChI=1S/C16H25N3O4/c1-12(19-9-7-18(2)8-10-19)3-6-15(20)17-11-13-4-5-14(23-13)16(21)22/h4-5,12H,3,6-11H2,1-2H3,(H,17,20)(H,21,22)/t12-/m1/s1. The van der Waals surface area contributed by atoms with Gasteiger partial charge in [0.1, 0.15) is 5.76 Å². The fourth-order valence-corrected chi connectivity index (χ4v) is 2.65. The van der Waals surface area contributed by atoms with Crippen LogP contribution in [0.4, 0.5) is 0 Å². The third kappa shape index (κ3) is 5.37. The first-order valence-electron chi connectivity index (χ1n) is 7.97. The van der Waals surface area contributed by atoms with Crippen molar-refractivity contribution in [3.8, 4) is 0 Å². The number of hydrogen-bond donors (Lipinski definition) is 2. The van der Waals surface area contributed by atoms with Crippen LogP contribution in [0.15, 0.2) is 16.5 Å². The molecule has 1 saturated heterocycles. The van der Waals surface area contributed by atoms with Crippen LogP contribution in [0.5, 0.6) is 0 Å². The van der Waals surface area contributed by atoms with Crippen molar-refractivity contribution < 1.29 is 19.1 Å². The summed E-state index contributed by atoms with van der Waals surface area (Å²) in [5.74, 6) is -0.816. The van der Waals surface area contributed by atoms with E-state index in [0.717, 1.165) is 32.6 Å². The maximum absolute atomic E-state index is 11.9. The summed E-state index contributed by atoms with van der Waals surface area (Å²) in [5, 5.41) is 11.5. The Morgan fingerprint density at radius 3 is 2.61 bits per heavy atom. The van der Waals surface area contributed by atoms with E-state index < -0.39 is 5.97 Å². The molecule has 0 spiro atoms. The predicted molar refractivity (Wildman–Crippen MR) is 85.3 cm³/mol. The summed E-state index contributed by atoms with van der Waals surface area (Å²) in [6.45, 7) is 6.61. The van der Waals surface area contributed by atoms with E-state index >= 15 is 0 Å². The van der Waals surface area contributed by atoms with Crippen LogP contribution >= 0.6 is 0 Å². The van der Waals surface area contributed by atoms with Gasteiger partial charge in [-0.15, -0.1) is 0 Å². The maximum Gasteiger partial charge on any atom is 0.371 e. The Labute approximate surface area is 136 Å². The number of piperazine rings is 1. The van der Waals surface area contributed by atoms with E-state index in [0.29, 0.717) is 18.2 Å². The van der Waals surface area contributed by atoms with Crippen LogP contribution in [-0.2, 0) is 11.3 Å². The Morgan fingerprint density at radius 1 is 1.30 bits per heavy atom. The molecule has 7 heteroatoms. The third-order valence-electron chi connectivity index (χ3n) is 4.28. The molecule has 0 unspecified atom stereocenters. The van der Waals surface area contributed by atoms with Crippen LogP contribution in [0.2, 0.25) is 0 Å². The van der Waals surface area contributed by atoms with Crippen LogP contribution in [0.1, 0.15) is 36.1 Å². The smallest absolute Gasteiger partial charge is 0.371 e. The molecule has 2 N–H and O–H groups in total. The SMILES string of the molecule is C[C@H](CCC(=O)NCc1ccc(C(=O)O)o1)N1CCN(C)CC1. The van der Waals surface area contributed by atoms with Gasteiger partial charge in [-0.05, 0) is 32.5 Å². The van der Waals surface area contributed by atoms with E-state index in [1.54, 1.807) is 6.07 Å². The second kappa shape index (κ2) is 8.12. The second-order valence-corrected chi connectivity index (χ2v) is 6.07. The van der Waals surface area contributed by atoms with Gasteiger partial charge in [-0.3, -0.25) is 9.69 Å². The number of rotatable bonds is 7. The van der Waals surface area contributed by atoms with Gasteiger partial charge >= 0.3 is 5.97 Å². The largest absolute Gasteiger partial charge is 0.475 e. The minimum Gasteiger partial charge on any atom is -0.475 e. The molecule has 0 aromatic carbocycles. The summed E-state index contributed by atoms with van der Waals surface area (Å²) >= 11 is 0. The first kappa shape index (κ1) is 17.5. The van der Waals surface area contributed by atoms with Crippen LogP contribution in [0.25, 0.3) is 0 Å². The molecule has 1 fully saturated rings. The van der Waals surface area contributed by atoms with E-state index in [-0.39, 0.29) is 18.2 Å². The molecular formula is C16H25N3O4. The van der Waals surface area contributed by atoms with Gasteiger partial charge in [0.2, 0.25) is 11.7 Å². The molecule has 2 heterocycles. The van der Waals surface area contributed by atoms with Gasteiger partial charge < -0.3 is 19.7 Å². The summed E-state index contributed by atoms with van der Waals surface area (Å²) in [6.07, 6.45) is 1.27. The Hall–Kier alpha value is -1.86. The van der Waals surface area contributed by atoms with Crippen molar-refractivity contribution in [1.82, 2.24) is 15.1 Å². The first-order valence-corrected chi connectivity index (χ1v) is 7.97. The van der Waals surface area contributed by atoms with E-state index in [9.17, 15) is 9.59 Å². The van der Waals surface area contributed by atoms with Crippen LogP contribution < -0.4 is 5.32 Å². The molecule has 1 aliphatic heterocycles. The summed E-state index contributed by atoms with van der Waals surface area (Å²) < 4.78 is 5.10. The van der Waals surface area contributed by atoms with Gasteiger partial charge in [0.25, 0.3) is 0 Å². The molecule has 1 aromatic heterocycles. The quantitative estimate of drug-likeness (QED) is 0.779. The number of carbonyl (C=O) groups is 2. The molecule has 23 heavy (non-hydrogen) atoms. The van der Waals surface area contributed by atoms with Crippen molar-refractivity contribution in [2.75, 3.05) is 33.2 Å². The normalized spacial score (nSPS) is 17.8. The molecule has 1 atom stereocenters. The van der Waals surface area contributed by atoms with Crippen molar-refractivity contribution in [2.24, 2.45) is 0 Å². The highest BCUT2D eigenvalue weighted by Gasteiger charge is 2.19. The Bertz CT molecular complexity index is 535. The number of carboxylic acids is 1. The monoisotopic (exact) mass is 323 g/mol. The molecule has 0 saturated carbocycles. The van der Waals surface area contributed by atoms with Gasteiger partial charge in [-0.25, -0.2) is 4.79 Å². The van der Waals surface area contributed by atoms with Crippen molar-refractivity contribution >= 4 is 11.9 Å². The highest BCUT2D eigenvalue weighted by Crippen LogP contribution is 2.11. The molecule has 1 aromatic rings. The number of aromatic carboxylic acids is 1. The highest BCUT2D eigenvalue weighted by atomic mass is 16.4. The fourth-order valence-electron chi connectivity index (χ4n) is 2.65. The van der Waals surface area contributed by atoms with Crippen molar-refractivity contribution in [3.05, 3.63) is 23.7 Å². The van der Waals surface area contributed by atoms with Gasteiger partial charge in [-0.1, -0.05) is 0 Å². The highest BCUT2D eigenvalue weighted by molar-refractivity contribution is 5.84. The van der Waals surface area contributed by atoms with E-state index in [2.05, 4.69) is 29.1 Å². The van der Waals surface area contributed by atoms with E-state index in [1.807, 2.05) is 0 Å². The number of carbonyl (C=O) groups excluding carboxylic acids is 1. The zero-order valence-electron chi connectivity index (χ0n) is 13.7. The molecule has 0 radical (unpaired) electrons. The predicted octanol–water partition coefficient (Wildman–Crippen LogP) is 1.01. The number of carboxylic acid groups (broad SMARTS) is 1. The number of amides is 1. The van der Waals surface area contributed by atoms with Gasteiger partial charge in [0, 0.05) is 38.6 Å². The Balaban J connectivity index is 1.67. The average Bonchev–Trinajstić information content (AvgIpc) is 3.00. The first-order chi connectivity index (χ1) is 11.0. The summed E-state index contributed by atoms with van der Waals surface area (Å²) in [6, 6.07) is 3.34. The zero-order valence-corrected chi connectivity index (χ0v) is 13.7. The third-order valence-corrected chi connectivity index (χ3v) is 4.28. The van der Waals surface area contributed by atoms with Gasteiger partial charge in [-0.2, -0.15) is 0 Å². The summed E-state index contributed by atoms with van der Waals surface area (Å²) in [5.41, 5.74) is 0. The fraction of sp³-hybridized carbons (Fsp3) is 0.625. The number of nitrogens with one attached hydrogen (secondary N) is 1. The summed E-state index contributed by atoms with van der Waals surface area (Å²) in [4.78, 5) is 27.3. The van der Waals surface area contributed by atoms with Crippen molar-refractivity contribution in [3.63, 3.8) is 0 Å². The van der Waals surface area contributed by atoms with Gasteiger partial charge in [0.05, 0.1) is 6.54 Å². The molecule has 7 nitrogen and oxygen atoms in total. The Kier molecular flexibility index (Phi) is 6.18. The lowest BCUT2D eigenvalue weighted by atomic mass is 10.1. The molecule has 1 aliphatic rings. The van der Waals surface area contributed by atoms with Crippen molar-refractivity contribution in [1.29, 1.82) is 0 Å². The lowest BCUT2D eigenvalue weighted by Crippen LogP contribution is -2.48. The summed E-state index contributed by atoms with van der Waals surface area (Å²) in [7, 11) is 2.12. The Morgan fingerprint density at radius 2 is 2.00 bits per heavy atom. The molecular weight excluding hydrogens is 298 g/mol. The maximum atomic E-state index is 11.9. The molecule has 128 valence electrons. The van der Waals surface area contributed by atoms with Crippen molar-refractivity contribution in [2.45, 2.75) is 32.4 Å². The number of nitrogens with zero attached hydrogens (tertiary/aromatic N) is 2. The number of hydrogen-bond acceptors (Lipinski definition) is 5. The minimum atomic E-state index is -1.11. The van der Waals surface area contributed by atoms with Crippen LogP contribution in [-0.4, -0.2) is 66.1 Å². The van der Waals surface area contributed by atoms with Gasteiger partial charge in [0.15, 0.2) is 0 Å². The topological polar surface area (TPSA) is 86.0 Å². The van der Waals surface area contributed by atoms with E-state index in [4.69, 9.17) is 9.52 Å². The molecule has 0 bridgehead atoms. The number of furan rings is 1. The lowest BCUT2D eigenvalue weighted by Gasteiger charge is -2.36. The lowest BCUT2D eigenvalue weighted by molar-refractivity contribution is -0.121. The second-order valence-electron chi connectivity index (χ2n) is 6.07. The van der Waals surface area contributed by atoms with E-state index in [1.165, 1.54) is 6.07 Å². The number of likely N-dealkylation sites (N-methyl/N-ethyl adjacent to an activating group) is 1. The zero-order chi connectivity index (χ0) is 16.8. The average molecular weight is 323 g/mol. The van der Waals surface area contributed by atoms with Crippen LogP contribution in [0.3, 0.4) is 0 Å². The molecule has 1 amide bonds. The molecule has 0 aliphatic carbocycles. The molecule has 2 rings (SSSR count). The van der Waals surface area contributed by atoms with Crippen LogP contribution in [0, 0.1) is 0 Å². The minimum absolute atomic E-state index is 0.0424.